The van der Waals surface area contributed by atoms with Crippen molar-refractivity contribution in [3.63, 3.8) is 0 Å². The van der Waals surface area contributed by atoms with E-state index in [4.69, 9.17) is 0 Å². The summed E-state index contributed by atoms with van der Waals surface area (Å²) < 4.78 is 0. The van der Waals surface area contributed by atoms with E-state index in [0.717, 1.165) is 38.2 Å². The lowest BCUT2D eigenvalue weighted by Gasteiger charge is -2.23. The van der Waals surface area contributed by atoms with Crippen LogP contribution in [0.3, 0.4) is 0 Å². The van der Waals surface area contributed by atoms with Crippen LogP contribution in [-0.2, 0) is 0 Å². The van der Waals surface area contributed by atoms with E-state index in [9.17, 15) is 5.11 Å². The summed E-state index contributed by atoms with van der Waals surface area (Å²) in [6.07, 6.45) is 1.64. The summed E-state index contributed by atoms with van der Waals surface area (Å²) in [5, 5.41) is 10.3. The molecule has 0 aliphatic heterocycles. The van der Waals surface area contributed by atoms with Crippen LogP contribution in [0, 0.1) is 6.92 Å². The second-order valence-electron chi connectivity index (χ2n) is 5.81. The fourth-order valence-corrected chi connectivity index (χ4v) is 2.39. The molecule has 1 atom stereocenters. The third-order valence-electron chi connectivity index (χ3n) is 3.67. The van der Waals surface area contributed by atoms with E-state index in [2.05, 4.69) is 49.9 Å². The molecule has 1 unspecified atom stereocenters. The minimum Gasteiger partial charge on any atom is -0.388 e. The molecule has 1 aromatic carbocycles. The van der Waals surface area contributed by atoms with Gasteiger partial charge in [-0.2, -0.15) is 0 Å². The van der Waals surface area contributed by atoms with Gasteiger partial charge in [-0.3, -0.25) is 0 Å². The molecule has 20 heavy (non-hydrogen) atoms. The van der Waals surface area contributed by atoms with Crippen molar-refractivity contribution in [2.24, 2.45) is 0 Å². The second kappa shape index (κ2) is 9.11. The van der Waals surface area contributed by atoms with Crippen LogP contribution < -0.4 is 0 Å². The van der Waals surface area contributed by atoms with E-state index in [1.54, 1.807) is 0 Å². The van der Waals surface area contributed by atoms with Crippen molar-refractivity contribution >= 4 is 0 Å². The van der Waals surface area contributed by atoms with Gasteiger partial charge in [-0.15, -0.1) is 0 Å². The van der Waals surface area contributed by atoms with Gasteiger partial charge in [0.1, 0.15) is 0 Å². The van der Waals surface area contributed by atoms with Gasteiger partial charge < -0.3 is 14.9 Å². The molecule has 1 N–H and O–H groups in total. The average Bonchev–Trinajstić information content (AvgIpc) is 2.41. The van der Waals surface area contributed by atoms with Gasteiger partial charge >= 0.3 is 0 Å². The van der Waals surface area contributed by atoms with E-state index in [0.29, 0.717) is 0 Å². The van der Waals surface area contributed by atoms with Gasteiger partial charge in [0.15, 0.2) is 0 Å². The van der Waals surface area contributed by atoms with E-state index in [-0.39, 0.29) is 6.10 Å². The van der Waals surface area contributed by atoms with E-state index in [1.807, 2.05) is 12.1 Å². The first-order chi connectivity index (χ1) is 9.52. The summed E-state index contributed by atoms with van der Waals surface area (Å²) in [6, 6.07) is 8.17. The molecular weight excluding hydrogens is 248 g/mol. The highest BCUT2D eigenvalue weighted by atomic mass is 16.3. The molecule has 114 valence electrons. The van der Waals surface area contributed by atoms with Crippen LogP contribution in [0.15, 0.2) is 24.3 Å². The summed E-state index contributed by atoms with van der Waals surface area (Å²) in [4.78, 5) is 4.64. The van der Waals surface area contributed by atoms with E-state index < -0.39 is 0 Å². The van der Waals surface area contributed by atoms with Gasteiger partial charge in [-0.1, -0.05) is 36.8 Å². The zero-order valence-corrected chi connectivity index (χ0v) is 13.5. The molecule has 0 fully saturated rings. The Morgan fingerprint density at radius 2 is 1.90 bits per heavy atom. The van der Waals surface area contributed by atoms with Gasteiger partial charge in [0, 0.05) is 6.54 Å². The molecule has 3 heteroatoms. The third-order valence-corrected chi connectivity index (χ3v) is 3.67. The van der Waals surface area contributed by atoms with Gasteiger partial charge in [-0.05, 0) is 59.1 Å². The Morgan fingerprint density at radius 3 is 2.50 bits per heavy atom. The summed E-state index contributed by atoms with van der Waals surface area (Å²) in [5.41, 5.74) is 2.24. The number of nitrogens with zero attached hydrogens (tertiary/aromatic N) is 2. The minimum atomic E-state index is -0.349. The van der Waals surface area contributed by atoms with Crippen molar-refractivity contribution in [1.82, 2.24) is 9.80 Å². The van der Waals surface area contributed by atoms with Crippen LogP contribution >= 0.6 is 0 Å². The maximum atomic E-state index is 10.3. The topological polar surface area (TPSA) is 26.7 Å². The fraction of sp³-hybridized carbons (Fsp3) is 0.647. The molecule has 0 aromatic heterocycles. The molecule has 0 amide bonds. The smallest absolute Gasteiger partial charge is 0.0802 e. The zero-order chi connectivity index (χ0) is 15.0. The molecule has 1 rings (SSSR count). The maximum Gasteiger partial charge on any atom is 0.0802 e. The standard InChI is InChI=1S/C17H30N2O/c1-5-19(12-7-11-18(3)4)13-10-17(20)16-9-6-8-15(2)14-16/h6,8-9,14,17,20H,5,7,10-13H2,1-4H3. The number of aliphatic hydroxyl groups excluding tert-OH is 1. The number of hydrogen-bond acceptors (Lipinski definition) is 3. The molecule has 0 aliphatic carbocycles. The summed E-state index contributed by atoms with van der Waals surface area (Å²) in [7, 11) is 4.22. The van der Waals surface area contributed by atoms with Crippen LogP contribution in [0.1, 0.15) is 37.0 Å². The quantitative estimate of drug-likeness (QED) is 0.752. The number of aliphatic hydroxyl groups is 1. The van der Waals surface area contributed by atoms with Gasteiger partial charge in [0.05, 0.1) is 6.10 Å². The molecule has 0 aliphatic rings. The van der Waals surface area contributed by atoms with Crippen molar-refractivity contribution in [3.8, 4) is 0 Å². The lowest BCUT2D eigenvalue weighted by atomic mass is 10.0. The van der Waals surface area contributed by atoms with Crippen LogP contribution in [-0.4, -0.2) is 55.2 Å². The number of benzene rings is 1. The highest BCUT2D eigenvalue weighted by Gasteiger charge is 2.10. The predicted octanol–water partition coefficient (Wildman–Crippen LogP) is 2.69. The lowest BCUT2D eigenvalue weighted by Crippen LogP contribution is -2.29. The van der Waals surface area contributed by atoms with Crippen molar-refractivity contribution in [1.29, 1.82) is 0 Å². The Morgan fingerprint density at radius 1 is 1.15 bits per heavy atom. The molecule has 0 heterocycles. The number of hydrogen-bond donors (Lipinski definition) is 1. The zero-order valence-electron chi connectivity index (χ0n) is 13.5. The van der Waals surface area contributed by atoms with Gasteiger partial charge in [-0.25, -0.2) is 0 Å². The van der Waals surface area contributed by atoms with Crippen molar-refractivity contribution in [2.45, 2.75) is 32.8 Å². The first kappa shape index (κ1) is 17.2. The normalized spacial score (nSPS) is 13.2. The van der Waals surface area contributed by atoms with Crippen LogP contribution in [0.2, 0.25) is 0 Å². The maximum absolute atomic E-state index is 10.3. The molecular formula is C17H30N2O. The summed E-state index contributed by atoms with van der Waals surface area (Å²) >= 11 is 0. The van der Waals surface area contributed by atoms with E-state index in [1.165, 1.54) is 12.0 Å². The van der Waals surface area contributed by atoms with Crippen LogP contribution in [0.25, 0.3) is 0 Å². The molecule has 0 radical (unpaired) electrons. The summed E-state index contributed by atoms with van der Waals surface area (Å²) in [6.45, 7) is 8.49. The van der Waals surface area contributed by atoms with Gasteiger partial charge in [0.25, 0.3) is 0 Å². The van der Waals surface area contributed by atoms with E-state index >= 15 is 0 Å². The SMILES string of the molecule is CCN(CCCN(C)C)CCC(O)c1cccc(C)c1. The Labute approximate surface area is 124 Å². The van der Waals surface area contributed by atoms with Crippen molar-refractivity contribution < 1.29 is 5.11 Å². The second-order valence-corrected chi connectivity index (χ2v) is 5.81. The van der Waals surface area contributed by atoms with Crippen molar-refractivity contribution in [2.75, 3.05) is 40.3 Å². The first-order valence-electron chi connectivity index (χ1n) is 7.64. The largest absolute Gasteiger partial charge is 0.388 e. The fourth-order valence-electron chi connectivity index (χ4n) is 2.39. The number of aryl methyl sites for hydroxylation is 1. The van der Waals surface area contributed by atoms with Crippen LogP contribution in [0.5, 0.6) is 0 Å². The molecule has 0 spiro atoms. The Hall–Kier alpha value is -0.900. The Balaban J connectivity index is 2.36. The highest BCUT2D eigenvalue weighted by molar-refractivity contribution is 5.23. The number of rotatable bonds is 9. The Bertz CT molecular complexity index is 379. The highest BCUT2D eigenvalue weighted by Crippen LogP contribution is 2.18. The monoisotopic (exact) mass is 278 g/mol. The minimum absolute atomic E-state index is 0.349. The van der Waals surface area contributed by atoms with Gasteiger partial charge in [0.2, 0.25) is 0 Å². The molecule has 3 nitrogen and oxygen atoms in total. The average molecular weight is 278 g/mol. The van der Waals surface area contributed by atoms with Crippen molar-refractivity contribution in [3.05, 3.63) is 35.4 Å². The molecule has 0 saturated heterocycles. The van der Waals surface area contributed by atoms with Crippen LogP contribution in [0.4, 0.5) is 0 Å². The molecule has 0 bridgehead atoms. The predicted molar refractivity (Wildman–Crippen MR) is 86.0 cm³/mol. The lowest BCUT2D eigenvalue weighted by molar-refractivity contribution is 0.142. The molecule has 1 aromatic rings. The third kappa shape index (κ3) is 6.51. The Kier molecular flexibility index (Phi) is 7.82. The molecule has 0 saturated carbocycles. The first-order valence-corrected chi connectivity index (χ1v) is 7.64. The summed E-state index contributed by atoms with van der Waals surface area (Å²) in [5.74, 6) is 0.